The molecule has 1 fully saturated rings. The zero-order valence-corrected chi connectivity index (χ0v) is 22.6. The summed E-state index contributed by atoms with van der Waals surface area (Å²) in [6, 6.07) is 19.5. The minimum absolute atomic E-state index is 0.234. The molecule has 0 bridgehead atoms. The Morgan fingerprint density at radius 1 is 0.950 bits per heavy atom. The lowest BCUT2D eigenvalue weighted by atomic mass is 9.86. The van der Waals surface area contributed by atoms with Gasteiger partial charge < -0.3 is 15.5 Å². The van der Waals surface area contributed by atoms with Gasteiger partial charge in [-0.15, -0.1) is 0 Å². The third kappa shape index (κ3) is 6.50. The van der Waals surface area contributed by atoms with Crippen molar-refractivity contribution in [1.82, 2.24) is 15.5 Å². The Morgan fingerprint density at radius 2 is 1.60 bits per heavy atom. The van der Waals surface area contributed by atoms with Crippen LogP contribution < -0.4 is 10.6 Å². The highest BCUT2D eigenvalue weighted by atomic mass is 35.5. The molecule has 3 aromatic rings. The predicted octanol–water partition coefficient (Wildman–Crippen LogP) is 5.51. The predicted molar refractivity (Wildman–Crippen MR) is 148 cm³/mol. The number of amides is 2. The van der Waals surface area contributed by atoms with Gasteiger partial charge in [0, 0.05) is 31.1 Å². The molecule has 2 heterocycles. The number of carbonyl (C=O) groups excluding carboxylic acids is 2. The van der Waals surface area contributed by atoms with Crippen LogP contribution in [0, 0.1) is 0 Å². The molecule has 2 atom stereocenters. The highest BCUT2D eigenvalue weighted by molar-refractivity contribution is 6.30. The summed E-state index contributed by atoms with van der Waals surface area (Å²) in [7, 11) is 0. The van der Waals surface area contributed by atoms with Gasteiger partial charge in [0.1, 0.15) is 6.04 Å². The minimum atomic E-state index is -4.43. The molecule has 210 valence electrons. The molecule has 5 nitrogen and oxygen atoms in total. The summed E-state index contributed by atoms with van der Waals surface area (Å²) < 4.78 is 40.8. The van der Waals surface area contributed by atoms with Crippen LogP contribution in [-0.2, 0) is 35.2 Å². The summed E-state index contributed by atoms with van der Waals surface area (Å²) in [5, 5.41) is 6.81. The lowest BCUT2D eigenvalue weighted by molar-refractivity contribution is -0.139. The smallest absolute Gasteiger partial charge is 0.343 e. The first-order valence-electron chi connectivity index (χ1n) is 13.5. The Balaban J connectivity index is 1.29. The van der Waals surface area contributed by atoms with E-state index >= 15 is 0 Å². The maximum Gasteiger partial charge on any atom is 0.416 e. The van der Waals surface area contributed by atoms with Crippen LogP contribution in [0.5, 0.6) is 0 Å². The van der Waals surface area contributed by atoms with Gasteiger partial charge in [-0.05, 0) is 65.6 Å². The fourth-order valence-electron chi connectivity index (χ4n) is 5.71. The Labute approximate surface area is 236 Å². The van der Waals surface area contributed by atoms with Crippen LogP contribution in [-0.4, -0.2) is 41.9 Å². The molecule has 2 amide bonds. The van der Waals surface area contributed by atoms with Crippen LogP contribution >= 0.6 is 11.6 Å². The second kappa shape index (κ2) is 12.0. The molecular formula is C31H31ClF3N3O2. The van der Waals surface area contributed by atoms with E-state index in [1.807, 2.05) is 36.4 Å². The third-order valence-corrected chi connectivity index (χ3v) is 8.13. The second-order valence-electron chi connectivity index (χ2n) is 10.5. The van der Waals surface area contributed by atoms with Gasteiger partial charge >= 0.3 is 6.18 Å². The molecule has 1 saturated heterocycles. The molecule has 0 spiro atoms. The van der Waals surface area contributed by atoms with Crippen molar-refractivity contribution in [2.45, 2.75) is 56.4 Å². The van der Waals surface area contributed by atoms with Gasteiger partial charge in [0.2, 0.25) is 11.8 Å². The van der Waals surface area contributed by atoms with E-state index in [2.05, 4.69) is 10.6 Å². The lowest BCUT2D eigenvalue weighted by Crippen LogP contribution is -2.56. The molecular weight excluding hydrogens is 539 g/mol. The fourth-order valence-corrected chi connectivity index (χ4v) is 5.84. The van der Waals surface area contributed by atoms with Gasteiger partial charge in [0.05, 0.1) is 11.6 Å². The Morgan fingerprint density at radius 3 is 2.30 bits per heavy atom. The van der Waals surface area contributed by atoms with Crippen molar-refractivity contribution in [1.29, 1.82) is 0 Å². The van der Waals surface area contributed by atoms with E-state index < -0.39 is 23.8 Å². The first-order chi connectivity index (χ1) is 19.2. The number of likely N-dealkylation sites (tertiary alicyclic amines) is 1. The molecule has 2 N–H and O–H groups in total. The van der Waals surface area contributed by atoms with Crippen molar-refractivity contribution >= 4 is 23.4 Å². The van der Waals surface area contributed by atoms with Crippen molar-refractivity contribution < 1.29 is 22.8 Å². The van der Waals surface area contributed by atoms with E-state index in [0.29, 0.717) is 43.9 Å². The molecule has 40 heavy (non-hydrogen) atoms. The van der Waals surface area contributed by atoms with Crippen LogP contribution in [0.1, 0.15) is 46.6 Å². The molecule has 3 aromatic carbocycles. The molecule has 0 saturated carbocycles. The second-order valence-corrected chi connectivity index (χ2v) is 10.9. The van der Waals surface area contributed by atoms with Crippen molar-refractivity contribution in [2.75, 3.05) is 13.1 Å². The molecule has 2 aliphatic heterocycles. The highest BCUT2D eigenvalue weighted by Crippen LogP contribution is 2.38. The van der Waals surface area contributed by atoms with E-state index in [9.17, 15) is 22.8 Å². The van der Waals surface area contributed by atoms with Crippen LogP contribution in [0.4, 0.5) is 13.2 Å². The van der Waals surface area contributed by atoms with Crippen LogP contribution in [0.2, 0.25) is 5.02 Å². The summed E-state index contributed by atoms with van der Waals surface area (Å²) in [6.07, 6.45) is -2.79. The number of hydrogen-bond acceptors (Lipinski definition) is 3. The van der Waals surface area contributed by atoms with Gasteiger partial charge in [-0.3, -0.25) is 9.59 Å². The number of nitrogens with one attached hydrogen (secondary N) is 2. The number of alkyl halides is 3. The lowest BCUT2D eigenvalue weighted by Gasteiger charge is -2.36. The first kappa shape index (κ1) is 28.2. The standard InChI is InChI=1S/C31H31ClF3N3O2/c32-24-11-9-20(10-12-24)17-28(37-29(39)27-18-22-5-1-2-6-23(22)19-36-27)30(40)38-15-13-21(14-16-38)25-7-3-4-8-26(25)31(33,34)35/h1-12,21,27-28,36H,13-19H2,(H,37,39)/t27-,28+/m0/s1. The minimum Gasteiger partial charge on any atom is -0.343 e. The molecule has 5 rings (SSSR count). The largest absolute Gasteiger partial charge is 0.416 e. The zero-order valence-electron chi connectivity index (χ0n) is 21.9. The number of benzene rings is 3. The van der Waals surface area contributed by atoms with E-state index in [4.69, 9.17) is 11.6 Å². The number of fused-ring (bicyclic) bond motifs is 1. The van der Waals surface area contributed by atoms with Gasteiger partial charge in [-0.25, -0.2) is 0 Å². The van der Waals surface area contributed by atoms with Crippen molar-refractivity contribution in [3.63, 3.8) is 0 Å². The number of hydrogen-bond donors (Lipinski definition) is 2. The van der Waals surface area contributed by atoms with E-state index in [1.165, 1.54) is 12.1 Å². The van der Waals surface area contributed by atoms with Gasteiger partial charge in [0.15, 0.2) is 0 Å². The van der Waals surface area contributed by atoms with E-state index in [1.54, 1.807) is 23.1 Å². The highest BCUT2D eigenvalue weighted by Gasteiger charge is 2.37. The third-order valence-electron chi connectivity index (χ3n) is 7.88. The Bertz CT molecular complexity index is 1350. The van der Waals surface area contributed by atoms with E-state index in [-0.39, 0.29) is 29.7 Å². The normalized spacial score (nSPS) is 18.6. The number of rotatable bonds is 6. The van der Waals surface area contributed by atoms with Crippen LogP contribution in [0.3, 0.4) is 0 Å². The summed E-state index contributed by atoms with van der Waals surface area (Å²) in [5.74, 6) is -0.782. The maximum atomic E-state index is 13.7. The number of nitrogens with zero attached hydrogens (tertiary/aromatic N) is 1. The number of halogens is 4. The van der Waals surface area contributed by atoms with Crippen molar-refractivity contribution in [3.05, 3.63) is 106 Å². The average molecular weight is 570 g/mol. The van der Waals surface area contributed by atoms with Crippen molar-refractivity contribution in [2.24, 2.45) is 0 Å². The van der Waals surface area contributed by atoms with Gasteiger partial charge in [0.25, 0.3) is 0 Å². The molecule has 0 aromatic heterocycles. The van der Waals surface area contributed by atoms with Gasteiger partial charge in [-0.1, -0.05) is 66.2 Å². The molecule has 9 heteroatoms. The van der Waals surface area contributed by atoms with Crippen LogP contribution in [0.25, 0.3) is 0 Å². The summed E-state index contributed by atoms with van der Waals surface area (Å²) in [4.78, 5) is 28.8. The van der Waals surface area contributed by atoms with Gasteiger partial charge in [-0.2, -0.15) is 13.2 Å². The maximum absolute atomic E-state index is 13.7. The molecule has 0 aliphatic carbocycles. The Kier molecular flexibility index (Phi) is 8.47. The number of carbonyl (C=O) groups is 2. The summed E-state index contributed by atoms with van der Waals surface area (Å²) in [5.41, 5.74) is 2.75. The fraction of sp³-hybridized carbons (Fsp3) is 0.355. The summed E-state index contributed by atoms with van der Waals surface area (Å²) >= 11 is 6.04. The number of piperidine rings is 1. The van der Waals surface area contributed by atoms with Crippen LogP contribution in [0.15, 0.2) is 72.8 Å². The average Bonchev–Trinajstić information content (AvgIpc) is 2.97. The molecule has 0 unspecified atom stereocenters. The molecule has 2 aliphatic rings. The topological polar surface area (TPSA) is 61.4 Å². The monoisotopic (exact) mass is 569 g/mol. The quantitative estimate of drug-likeness (QED) is 0.412. The van der Waals surface area contributed by atoms with E-state index in [0.717, 1.165) is 22.8 Å². The molecule has 0 radical (unpaired) electrons. The summed E-state index contributed by atoms with van der Waals surface area (Å²) in [6.45, 7) is 1.20. The Hall–Kier alpha value is -3.36. The van der Waals surface area contributed by atoms with Crippen molar-refractivity contribution in [3.8, 4) is 0 Å². The SMILES string of the molecule is O=C(N[C@H](Cc1ccc(Cl)cc1)C(=O)N1CCC(c2ccccc2C(F)(F)F)CC1)[C@@H]1Cc2ccccc2CN1. The first-order valence-corrected chi connectivity index (χ1v) is 13.9. The zero-order chi connectivity index (χ0) is 28.3.